The fourth-order valence-electron chi connectivity index (χ4n) is 3.20. The molecule has 1 aliphatic carbocycles. The van der Waals surface area contributed by atoms with Crippen molar-refractivity contribution in [3.63, 3.8) is 0 Å². The number of ether oxygens (including phenoxy) is 3. The summed E-state index contributed by atoms with van der Waals surface area (Å²) in [7, 11) is 3.12. The van der Waals surface area contributed by atoms with E-state index in [0.29, 0.717) is 27.6 Å². The molecular formula is C20H22N2O4S. The summed E-state index contributed by atoms with van der Waals surface area (Å²) >= 11 is 1.23. The van der Waals surface area contributed by atoms with E-state index >= 15 is 0 Å². The minimum absolute atomic E-state index is 0.0311. The molecule has 1 saturated carbocycles. The van der Waals surface area contributed by atoms with Crippen LogP contribution < -0.4 is 9.47 Å². The number of esters is 1. The Morgan fingerprint density at radius 1 is 1.19 bits per heavy atom. The van der Waals surface area contributed by atoms with E-state index in [4.69, 9.17) is 14.2 Å². The SMILES string of the molecule is COc1cc2cc(C#N)c(SCC(=O)OC3CCCCC3)nc2cc1OC. The molecule has 1 aromatic carbocycles. The van der Waals surface area contributed by atoms with Crippen LogP contribution >= 0.6 is 11.8 Å². The number of hydrogen-bond donors (Lipinski definition) is 0. The quantitative estimate of drug-likeness (QED) is 0.546. The van der Waals surface area contributed by atoms with Gasteiger partial charge in [0.15, 0.2) is 11.5 Å². The predicted molar refractivity (Wildman–Crippen MR) is 103 cm³/mol. The number of nitrogens with zero attached hydrogens (tertiary/aromatic N) is 2. The zero-order valence-corrected chi connectivity index (χ0v) is 16.3. The molecule has 1 heterocycles. The van der Waals surface area contributed by atoms with Crippen molar-refractivity contribution in [2.24, 2.45) is 0 Å². The number of fused-ring (bicyclic) bond motifs is 1. The second kappa shape index (κ2) is 8.96. The van der Waals surface area contributed by atoms with Gasteiger partial charge in [-0.3, -0.25) is 4.79 Å². The number of aromatic nitrogens is 1. The summed E-state index contributed by atoms with van der Waals surface area (Å²) in [5, 5.41) is 10.7. The van der Waals surface area contributed by atoms with Crippen LogP contribution in [0, 0.1) is 11.3 Å². The molecule has 1 aromatic heterocycles. The van der Waals surface area contributed by atoms with E-state index in [-0.39, 0.29) is 17.8 Å². The van der Waals surface area contributed by atoms with Crippen LogP contribution in [0.5, 0.6) is 11.5 Å². The molecule has 0 bridgehead atoms. The van der Waals surface area contributed by atoms with Gasteiger partial charge in [-0.15, -0.1) is 0 Å². The molecular weight excluding hydrogens is 364 g/mol. The molecule has 0 N–H and O–H groups in total. The number of nitriles is 1. The maximum Gasteiger partial charge on any atom is 0.316 e. The molecule has 0 atom stereocenters. The van der Waals surface area contributed by atoms with Gasteiger partial charge in [-0.2, -0.15) is 5.26 Å². The van der Waals surface area contributed by atoms with Gasteiger partial charge in [0, 0.05) is 11.5 Å². The van der Waals surface area contributed by atoms with Crippen LogP contribution in [0.3, 0.4) is 0 Å². The van der Waals surface area contributed by atoms with Crippen molar-refractivity contribution in [3.05, 3.63) is 23.8 Å². The Bertz CT molecular complexity index is 872. The minimum Gasteiger partial charge on any atom is -0.493 e. The molecule has 0 spiro atoms. The van der Waals surface area contributed by atoms with Gasteiger partial charge < -0.3 is 14.2 Å². The molecule has 142 valence electrons. The number of methoxy groups -OCH3 is 2. The maximum atomic E-state index is 12.1. The Hall–Kier alpha value is -2.46. The lowest BCUT2D eigenvalue weighted by atomic mass is 9.98. The number of benzene rings is 1. The minimum atomic E-state index is -0.259. The van der Waals surface area contributed by atoms with Gasteiger partial charge in [-0.25, -0.2) is 4.98 Å². The molecule has 1 fully saturated rings. The van der Waals surface area contributed by atoms with Crippen LogP contribution in [0.1, 0.15) is 37.7 Å². The number of pyridine rings is 1. The van der Waals surface area contributed by atoms with Gasteiger partial charge in [-0.05, 0) is 37.8 Å². The van der Waals surface area contributed by atoms with Gasteiger partial charge in [0.25, 0.3) is 0 Å². The first-order valence-electron chi connectivity index (χ1n) is 8.93. The van der Waals surface area contributed by atoms with Crippen LogP contribution in [0.25, 0.3) is 10.9 Å². The fraction of sp³-hybridized carbons (Fsp3) is 0.450. The molecule has 0 amide bonds. The topological polar surface area (TPSA) is 81.4 Å². The average Bonchev–Trinajstić information content (AvgIpc) is 2.71. The van der Waals surface area contributed by atoms with Crippen molar-refractivity contribution in [2.45, 2.75) is 43.2 Å². The summed E-state index contributed by atoms with van der Waals surface area (Å²) < 4.78 is 16.1. The summed E-state index contributed by atoms with van der Waals surface area (Å²) in [5.41, 5.74) is 1.10. The molecule has 6 nitrogen and oxygen atoms in total. The van der Waals surface area contributed by atoms with E-state index in [2.05, 4.69) is 11.1 Å². The van der Waals surface area contributed by atoms with Gasteiger partial charge in [-0.1, -0.05) is 18.2 Å². The highest BCUT2D eigenvalue weighted by Crippen LogP contribution is 2.34. The number of thioether (sulfide) groups is 1. The van der Waals surface area contributed by atoms with Crippen LogP contribution in [0.15, 0.2) is 23.2 Å². The van der Waals surface area contributed by atoms with Crippen molar-refractivity contribution in [1.29, 1.82) is 5.26 Å². The van der Waals surface area contributed by atoms with E-state index in [1.807, 2.05) is 0 Å². The summed E-state index contributed by atoms with van der Waals surface area (Å²) in [4.78, 5) is 16.7. The van der Waals surface area contributed by atoms with Gasteiger partial charge in [0.1, 0.15) is 17.2 Å². The molecule has 27 heavy (non-hydrogen) atoms. The number of hydrogen-bond acceptors (Lipinski definition) is 7. The Balaban J connectivity index is 1.76. The lowest BCUT2D eigenvalue weighted by Gasteiger charge is -2.21. The molecule has 2 aromatic rings. The van der Waals surface area contributed by atoms with Gasteiger partial charge >= 0.3 is 5.97 Å². The largest absolute Gasteiger partial charge is 0.493 e. The maximum absolute atomic E-state index is 12.1. The summed E-state index contributed by atoms with van der Waals surface area (Å²) in [5.74, 6) is 1.02. The second-order valence-electron chi connectivity index (χ2n) is 6.39. The summed E-state index contributed by atoms with van der Waals surface area (Å²) in [6, 6.07) is 7.45. The number of carbonyl (C=O) groups is 1. The second-order valence-corrected chi connectivity index (χ2v) is 7.36. The lowest BCUT2D eigenvalue weighted by Crippen LogP contribution is -2.22. The molecule has 0 saturated heterocycles. The van der Waals surface area contributed by atoms with Crippen molar-refractivity contribution in [2.75, 3.05) is 20.0 Å². The molecule has 7 heteroatoms. The van der Waals surface area contributed by atoms with Crippen LogP contribution in [0.2, 0.25) is 0 Å². The lowest BCUT2D eigenvalue weighted by molar-refractivity contribution is -0.147. The Morgan fingerprint density at radius 3 is 2.56 bits per heavy atom. The van der Waals surface area contributed by atoms with Crippen molar-refractivity contribution >= 4 is 28.6 Å². The highest BCUT2D eigenvalue weighted by Gasteiger charge is 2.19. The zero-order valence-electron chi connectivity index (χ0n) is 15.5. The average molecular weight is 386 g/mol. The van der Waals surface area contributed by atoms with E-state index < -0.39 is 0 Å². The van der Waals surface area contributed by atoms with Crippen molar-refractivity contribution < 1.29 is 19.0 Å². The summed E-state index contributed by atoms with van der Waals surface area (Å²) in [6.07, 6.45) is 5.35. The third-order valence-electron chi connectivity index (χ3n) is 4.58. The standard InChI is InChI=1S/C20H22N2O4S/c1-24-17-9-13-8-14(11-21)20(22-16(13)10-18(17)25-2)27-12-19(23)26-15-6-4-3-5-7-15/h8-10,15H,3-7,12H2,1-2H3. The van der Waals surface area contributed by atoms with E-state index in [0.717, 1.165) is 31.1 Å². The van der Waals surface area contributed by atoms with Crippen LogP contribution in [-0.4, -0.2) is 37.0 Å². The highest BCUT2D eigenvalue weighted by atomic mass is 32.2. The normalized spacial score (nSPS) is 14.6. The highest BCUT2D eigenvalue weighted by molar-refractivity contribution is 7.99. The third-order valence-corrected chi connectivity index (χ3v) is 5.55. The fourth-order valence-corrected chi connectivity index (χ4v) is 3.95. The molecule has 0 unspecified atom stereocenters. The first-order chi connectivity index (χ1) is 13.1. The van der Waals surface area contributed by atoms with Crippen molar-refractivity contribution in [1.82, 2.24) is 4.98 Å². The monoisotopic (exact) mass is 386 g/mol. The smallest absolute Gasteiger partial charge is 0.316 e. The predicted octanol–water partition coefficient (Wildman–Crippen LogP) is 4.09. The molecule has 1 aliphatic rings. The number of carbonyl (C=O) groups excluding carboxylic acids is 1. The molecule has 3 rings (SSSR count). The van der Waals surface area contributed by atoms with E-state index in [9.17, 15) is 10.1 Å². The van der Waals surface area contributed by atoms with E-state index in [1.54, 1.807) is 32.4 Å². The first kappa shape index (κ1) is 19.3. The third kappa shape index (κ3) is 4.64. The Labute approximate surface area is 162 Å². The summed E-state index contributed by atoms with van der Waals surface area (Å²) in [6.45, 7) is 0. The Morgan fingerprint density at radius 2 is 1.89 bits per heavy atom. The molecule has 0 aliphatic heterocycles. The molecule has 0 radical (unpaired) electrons. The Kier molecular flexibility index (Phi) is 6.40. The van der Waals surface area contributed by atoms with E-state index in [1.165, 1.54) is 18.2 Å². The number of rotatable bonds is 6. The van der Waals surface area contributed by atoms with Crippen LogP contribution in [0.4, 0.5) is 0 Å². The zero-order chi connectivity index (χ0) is 19.2. The first-order valence-corrected chi connectivity index (χ1v) is 9.92. The van der Waals surface area contributed by atoms with Crippen LogP contribution in [-0.2, 0) is 9.53 Å². The van der Waals surface area contributed by atoms with Gasteiger partial charge in [0.2, 0.25) is 0 Å². The van der Waals surface area contributed by atoms with Gasteiger partial charge in [0.05, 0.1) is 31.1 Å². The van der Waals surface area contributed by atoms with Crippen molar-refractivity contribution in [3.8, 4) is 17.6 Å².